The van der Waals surface area contributed by atoms with Gasteiger partial charge in [-0.2, -0.15) is 0 Å². The van der Waals surface area contributed by atoms with Gasteiger partial charge in [-0.3, -0.25) is 9.78 Å². The van der Waals surface area contributed by atoms with E-state index < -0.39 is 0 Å². The predicted molar refractivity (Wildman–Crippen MR) is 82.6 cm³/mol. The van der Waals surface area contributed by atoms with Crippen LogP contribution in [0.2, 0.25) is 0 Å². The zero-order chi connectivity index (χ0) is 15.6. The van der Waals surface area contributed by atoms with E-state index in [0.29, 0.717) is 5.69 Å². The maximum Gasteiger partial charge on any atom is 0.274 e. The van der Waals surface area contributed by atoms with Crippen molar-refractivity contribution in [2.75, 3.05) is 6.54 Å². The number of aryl methyl sites for hydroxylation is 1. The molecule has 7 heteroatoms. The van der Waals surface area contributed by atoms with Gasteiger partial charge in [0.25, 0.3) is 5.91 Å². The van der Waals surface area contributed by atoms with E-state index in [-0.39, 0.29) is 11.9 Å². The van der Waals surface area contributed by atoms with E-state index in [1.54, 1.807) is 12.4 Å². The summed E-state index contributed by atoms with van der Waals surface area (Å²) in [6, 6.07) is 0.00357. The Balaban J connectivity index is 1.64. The van der Waals surface area contributed by atoms with Gasteiger partial charge in [0.15, 0.2) is 5.82 Å². The van der Waals surface area contributed by atoms with Crippen LogP contribution < -0.4 is 0 Å². The lowest BCUT2D eigenvalue weighted by Crippen LogP contribution is -2.32. The van der Waals surface area contributed by atoms with Crippen LogP contribution in [0.4, 0.5) is 0 Å². The predicted octanol–water partition coefficient (Wildman–Crippen LogP) is 1.77. The van der Waals surface area contributed by atoms with E-state index in [4.69, 9.17) is 0 Å². The summed E-state index contributed by atoms with van der Waals surface area (Å²) in [5.74, 6) is 1.94. The van der Waals surface area contributed by atoms with Crippen molar-refractivity contribution in [3.8, 4) is 0 Å². The largest absolute Gasteiger partial charge is 0.327 e. The quantitative estimate of drug-likeness (QED) is 0.844. The molecule has 7 nitrogen and oxygen atoms in total. The van der Waals surface area contributed by atoms with E-state index in [0.717, 1.165) is 50.4 Å². The fraction of sp³-hybridized carbons (Fsp3) is 0.562. The molecule has 0 N–H and O–H groups in total. The molecule has 120 valence electrons. The highest BCUT2D eigenvalue weighted by atomic mass is 16.2. The Morgan fingerprint density at radius 3 is 2.91 bits per heavy atom. The Bertz CT molecular complexity index is 698. The maximum atomic E-state index is 12.8. The van der Waals surface area contributed by atoms with E-state index in [2.05, 4.69) is 24.7 Å². The van der Waals surface area contributed by atoms with Gasteiger partial charge in [0.05, 0.1) is 12.2 Å². The van der Waals surface area contributed by atoms with Crippen LogP contribution in [0.25, 0.3) is 0 Å². The van der Waals surface area contributed by atoms with Gasteiger partial charge in [-0.25, -0.2) is 4.98 Å². The molecule has 0 aromatic carbocycles. The number of amides is 1. The van der Waals surface area contributed by atoms with Gasteiger partial charge in [0.2, 0.25) is 0 Å². The molecule has 23 heavy (non-hydrogen) atoms. The van der Waals surface area contributed by atoms with Crippen LogP contribution in [-0.2, 0) is 13.0 Å². The maximum absolute atomic E-state index is 12.8. The number of hydrogen-bond acceptors (Lipinski definition) is 5. The van der Waals surface area contributed by atoms with Crippen LogP contribution in [0.15, 0.2) is 18.6 Å². The second-order valence-corrected chi connectivity index (χ2v) is 6.18. The normalized spacial score (nSPS) is 21.0. The lowest BCUT2D eigenvalue weighted by Gasteiger charge is -2.24. The average Bonchev–Trinajstić information content (AvgIpc) is 3.16. The van der Waals surface area contributed by atoms with Gasteiger partial charge < -0.3 is 9.47 Å². The van der Waals surface area contributed by atoms with Gasteiger partial charge >= 0.3 is 0 Å². The van der Waals surface area contributed by atoms with Crippen molar-refractivity contribution in [3.63, 3.8) is 0 Å². The van der Waals surface area contributed by atoms with Crippen LogP contribution in [0, 0.1) is 0 Å². The van der Waals surface area contributed by atoms with Crippen molar-refractivity contribution in [2.45, 2.75) is 51.1 Å². The second kappa shape index (κ2) is 6.06. The Morgan fingerprint density at radius 2 is 2.04 bits per heavy atom. The highest BCUT2D eigenvalue weighted by molar-refractivity contribution is 5.92. The lowest BCUT2D eigenvalue weighted by atomic mass is 10.2. The molecule has 2 aliphatic rings. The van der Waals surface area contributed by atoms with Crippen LogP contribution in [0.3, 0.4) is 0 Å². The second-order valence-electron chi connectivity index (χ2n) is 6.18. The van der Waals surface area contributed by atoms with Crippen molar-refractivity contribution in [2.24, 2.45) is 0 Å². The molecule has 2 aromatic heterocycles. The molecule has 1 saturated heterocycles. The smallest absolute Gasteiger partial charge is 0.274 e. The Kier molecular flexibility index (Phi) is 3.77. The molecular formula is C16H20N6O. The minimum atomic E-state index is -0.0634. The molecule has 0 aliphatic carbocycles. The number of likely N-dealkylation sites (tertiary alicyclic amines) is 1. The third-order valence-electron chi connectivity index (χ3n) is 4.73. The van der Waals surface area contributed by atoms with E-state index >= 15 is 0 Å². The lowest BCUT2D eigenvalue weighted by molar-refractivity contribution is 0.0720. The standard InChI is InChI=1S/C16H20N6O/c23-16(12-11-17-7-8-18-12)21-10-4-5-13(21)15-20-19-14-6-2-1-3-9-22(14)15/h7-8,11,13H,1-6,9-10H2/t13-/m1/s1. The summed E-state index contributed by atoms with van der Waals surface area (Å²) in [5.41, 5.74) is 0.398. The van der Waals surface area contributed by atoms with Crippen molar-refractivity contribution >= 4 is 5.91 Å². The number of nitrogens with zero attached hydrogens (tertiary/aromatic N) is 6. The summed E-state index contributed by atoms with van der Waals surface area (Å²) in [4.78, 5) is 22.8. The van der Waals surface area contributed by atoms with E-state index in [1.165, 1.54) is 19.0 Å². The van der Waals surface area contributed by atoms with Crippen molar-refractivity contribution < 1.29 is 4.79 Å². The minimum absolute atomic E-state index is 0.00357. The van der Waals surface area contributed by atoms with Crippen molar-refractivity contribution in [1.82, 2.24) is 29.6 Å². The zero-order valence-corrected chi connectivity index (χ0v) is 13.1. The molecule has 1 atom stereocenters. The molecule has 0 radical (unpaired) electrons. The number of rotatable bonds is 2. The first-order valence-electron chi connectivity index (χ1n) is 8.33. The fourth-order valence-electron chi connectivity index (χ4n) is 3.59. The summed E-state index contributed by atoms with van der Waals surface area (Å²) in [6.07, 6.45) is 11.1. The number of aromatic nitrogens is 5. The van der Waals surface area contributed by atoms with Crippen LogP contribution >= 0.6 is 0 Å². The molecule has 2 aromatic rings. The molecule has 2 aliphatic heterocycles. The molecular weight excluding hydrogens is 292 g/mol. The summed E-state index contributed by atoms with van der Waals surface area (Å²) in [5, 5.41) is 8.81. The first-order valence-corrected chi connectivity index (χ1v) is 8.33. The molecule has 1 fully saturated rings. The molecule has 0 saturated carbocycles. The summed E-state index contributed by atoms with van der Waals surface area (Å²) in [6.45, 7) is 1.70. The number of carbonyl (C=O) groups excluding carboxylic acids is 1. The van der Waals surface area contributed by atoms with Crippen molar-refractivity contribution in [3.05, 3.63) is 35.9 Å². The third kappa shape index (κ3) is 2.60. The Labute approximate surface area is 134 Å². The number of hydrogen-bond donors (Lipinski definition) is 0. The zero-order valence-electron chi connectivity index (χ0n) is 13.1. The highest BCUT2D eigenvalue weighted by Crippen LogP contribution is 2.33. The van der Waals surface area contributed by atoms with Crippen LogP contribution in [0.1, 0.15) is 60.3 Å². The van der Waals surface area contributed by atoms with Gasteiger partial charge in [0, 0.05) is 31.9 Å². The minimum Gasteiger partial charge on any atom is -0.327 e. The van der Waals surface area contributed by atoms with Gasteiger partial charge in [-0.05, 0) is 25.7 Å². The fourth-order valence-corrected chi connectivity index (χ4v) is 3.59. The average molecular weight is 312 g/mol. The van der Waals surface area contributed by atoms with Gasteiger partial charge in [-0.15, -0.1) is 10.2 Å². The van der Waals surface area contributed by atoms with Crippen molar-refractivity contribution in [1.29, 1.82) is 0 Å². The first-order chi connectivity index (χ1) is 11.3. The topological polar surface area (TPSA) is 76.8 Å². The van der Waals surface area contributed by atoms with Crippen LogP contribution in [-0.4, -0.2) is 42.1 Å². The third-order valence-corrected chi connectivity index (χ3v) is 4.73. The van der Waals surface area contributed by atoms with Gasteiger partial charge in [0.1, 0.15) is 11.5 Å². The molecule has 0 bridgehead atoms. The Morgan fingerprint density at radius 1 is 1.09 bits per heavy atom. The molecule has 4 heterocycles. The highest BCUT2D eigenvalue weighted by Gasteiger charge is 2.35. The molecule has 0 spiro atoms. The monoisotopic (exact) mass is 312 g/mol. The molecule has 0 unspecified atom stereocenters. The SMILES string of the molecule is O=C(c1cnccn1)N1CCC[C@@H]1c1nnc2n1CCCCC2. The van der Waals surface area contributed by atoms with E-state index in [9.17, 15) is 4.79 Å². The van der Waals surface area contributed by atoms with Crippen LogP contribution in [0.5, 0.6) is 0 Å². The van der Waals surface area contributed by atoms with E-state index in [1.807, 2.05) is 4.90 Å². The Hall–Kier alpha value is -2.31. The molecule has 4 rings (SSSR count). The first kappa shape index (κ1) is 14.3. The number of carbonyl (C=O) groups is 1. The van der Waals surface area contributed by atoms with Gasteiger partial charge in [-0.1, -0.05) is 6.42 Å². The molecule has 1 amide bonds. The summed E-state index contributed by atoms with van der Waals surface area (Å²) < 4.78 is 2.24. The summed E-state index contributed by atoms with van der Waals surface area (Å²) >= 11 is 0. The summed E-state index contributed by atoms with van der Waals surface area (Å²) in [7, 11) is 0. The number of fused-ring (bicyclic) bond motifs is 1.